The third kappa shape index (κ3) is 7.55. The Morgan fingerprint density at radius 1 is 1.14 bits per heavy atom. The summed E-state index contributed by atoms with van der Waals surface area (Å²) in [7, 11) is 3.90. The van der Waals surface area contributed by atoms with Gasteiger partial charge in [0.1, 0.15) is 12.1 Å². The van der Waals surface area contributed by atoms with Crippen LogP contribution in [0.2, 0.25) is 0 Å². The lowest BCUT2D eigenvalue weighted by atomic mass is 9.73. The van der Waals surface area contributed by atoms with Crippen molar-refractivity contribution in [3.8, 4) is 22.5 Å². The molecule has 8 bridgehead atoms. The minimum Gasteiger partial charge on any atom is -0.464 e. The molecule has 4 aliphatic heterocycles. The van der Waals surface area contributed by atoms with Gasteiger partial charge in [0, 0.05) is 91.0 Å². The number of esters is 1. The van der Waals surface area contributed by atoms with Crippen LogP contribution in [0.15, 0.2) is 35.8 Å². The van der Waals surface area contributed by atoms with Crippen molar-refractivity contribution < 1.29 is 23.9 Å². The molecule has 14 heteroatoms. The number of nitrogens with one attached hydrogen (secondary N) is 2. The lowest BCUT2D eigenvalue weighted by molar-refractivity contribution is -0.171. The number of anilines is 1. The third-order valence-corrected chi connectivity index (χ3v) is 14.4. The van der Waals surface area contributed by atoms with Crippen LogP contribution >= 0.6 is 11.3 Å². The first-order chi connectivity index (χ1) is 28.3. The zero-order chi connectivity index (χ0) is 41.3. The van der Waals surface area contributed by atoms with Gasteiger partial charge in [0.25, 0.3) is 5.91 Å². The molecule has 2 N–H and O–H groups in total. The van der Waals surface area contributed by atoms with Crippen molar-refractivity contribution >= 4 is 45.7 Å². The van der Waals surface area contributed by atoms with Gasteiger partial charge in [0.15, 0.2) is 0 Å². The van der Waals surface area contributed by atoms with E-state index >= 15 is 0 Å². The number of amides is 2. The van der Waals surface area contributed by atoms with Gasteiger partial charge in [-0.25, -0.2) is 10.4 Å². The van der Waals surface area contributed by atoms with Crippen LogP contribution in [-0.2, 0) is 43.2 Å². The van der Waals surface area contributed by atoms with E-state index in [1.54, 1.807) is 12.1 Å². The Labute approximate surface area is 350 Å². The van der Waals surface area contributed by atoms with Gasteiger partial charge in [0.05, 0.1) is 46.7 Å². The van der Waals surface area contributed by atoms with Gasteiger partial charge in [-0.05, 0) is 82.2 Å². The number of methoxy groups -OCH3 is 1. The van der Waals surface area contributed by atoms with Crippen molar-refractivity contribution in [2.75, 3.05) is 51.8 Å². The number of cyclic esters (lactones) is 1. The van der Waals surface area contributed by atoms with E-state index in [-0.39, 0.29) is 54.8 Å². The van der Waals surface area contributed by atoms with Crippen LogP contribution in [0.25, 0.3) is 33.4 Å². The van der Waals surface area contributed by atoms with Gasteiger partial charge in [-0.15, -0.1) is 11.3 Å². The SMILES string of the molecule is CCn1c(-c2cc(N3CCN(C)CC3)cnc2[C@H](C)OC)c2c3cc(ccc31)-c1csc(n1)C[C@H](NC(=O)C1C[C@@H]1C)C(=O)N1N[C@@H](C(=O)OCC(C)(C)C2)C2CC1C2. The van der Waals surface area contributed by atoms with Crippen LogP contribution in [0, 0.1) is 23.2 Å². The second-order valence-corrected chi connectivity index (χ2v) is 19.4. The highest BCUT2D eigenvalue weighted by atomic mass is 32.1. The smallest absolute Gasteiger partial charge is 0.325 e. The number of aryl methyl sites for hydroxylation is 1. The average molecular weight is 823 g/mol. The lowest BCUT2D eigenvalue weighted by Gasteiger charge is -2.53. The number of rotatable bonds is 7. The molecule has 7 heterocycles. The highest BCUT2D eigenvalue weighted by Gasteiger charge is 2.51. The van der Waals surface area contributed by atoms with Crippen LogP contribution in [0.5, 0.6) is 0 Å². The van der Waals surface area contributed by atoms with Gasteiger partial charge in [-0.2, -0.15) is 0 Å². The van der Waals surface area contributed by atoms with Crippen molar-refractivity contribution in [2.24, 2.45) is 23.2 Å². The fourth-order valence-corrected chi connectivity index (χ4v) is 10.5. The number of benzene rings is 1. The molecule has 0 radical (unpaired) electrons. The van der Waals surface area contributed by atoms with Gasteiger partial charge < -0.3 is 29.2 Å². The number of hydrazine groups is 1. The fraction of sp³-hybridized carbons (Fsp3) is 0.578. The number of hydrogen-bond donors (Lipinski definition) is 2. The van der Waals surface area contributed by atoms with Crippen molar-refractivity contribution in [2.45, 2.75) is 97.5 Å². The molecule has 314 valence electrons. The van der Waals surface area contributed by atoms with Gasteiger partial charge in [-0.3, -0.25) is 24.4 Å². The number of ether oxygens (including phenoxy) is 2. The van der Waals surface area contributed by atoms with Crippen LogP contribution < -0.4 is 15.6 Å². The lowest BCUT2D eigenvalue weighted by Crippen LogP contribution is -2.71. The molecule has 13 nitrogen and oxygen atoms in total. The Kier molecular flexibility index (Phi) is 10.6. The summed E-state index contributed by atoms with van der Waals surface area (Å²) >= 11 is 1.50. The number of aromatic nitrogens is 3. The first-order valence-corrected chi connectivity index (χ1v) is 22.3. The zero-order valence-corrected chi connectivity index (χ0v) is 36.2. The minimum atomic E-state index is -0.817. The second kappa shape index (κ2) is 15.6. The molecule has 59 heavy (non-hydrogen) atoms. The summed E-state index contributed by atoms with van der Waals surface area (Å²) in [5.41, 5.74) is 11.0. The molecule has 2 amide bonds. The molecule has 4 aromatic rings. The van der Waals surface area contributed by atoms with E-state index in [0.29, 0.717) is 25.2 Å². The van der Waals surface area contributed by atoms with Gasteiger partial charge >= 0.3 is 5.97 Å². The number of piperazine rings is 1. The van der Waals surface area contributed by atoms with E-state index in [9.17, 15) is 14.4 Å². The molecule has 0 spiro atoms. The van der Waals surface area contributed by atoms with Gasteiger partial charge in [-0.1, -0.05) is 26.8 Å². The number of carbonyl (C=O) groups excluding carboxylic acids is 3. The number of thiazole rings is 1. The molecule has 3 aromatic heterocycles. The summed E-state index contributed by atoms with van der Waals surface area (Å²) in [6.07, 6.45) is 4.88. The number of likely N-dealkylation sites (N-methyl/N-ethyl adjacent to an activating group) is 1. The Bertz CT molecular complexity index is 2270. The predicted octanol–water partition coefficient (Wildman–Crippen LogP) is 5.61. The molecule has 5 atom stereocenters. The Hall–Kier alpha value is -4.37. The summed E-state index contributed by atoms with van der Waals surface area (Å²) in [5.74, 6) is -0.389. The summed E-state index contributed by atoms with van der Waals surface area (Å²) in [6, 6.07) is 7.37. The summed E-state index contributed by atoms with van der Waals surface area (Å²) < 4.78 is 14.6. The molecule has 10 rings (SSSR count). The molecule has 6 aliphatic rings. The van der Waals surface area contributed by atoms with E-state index < -0.39 is 17.5 Å². The standard InChI is InChI=1S/C45H58N8O5S/c1-8-52-37-10-9-27-18-32(37)34(41(52)33-19-30(22-46-39(33)26(3)57-7)51-13-11-50(6)12-14-51)21-45(4,5)24-58-44(56)40-28-16-29(17-28)53(49-40)43(55)35(20-38-47-36(27)23-59-38)48-42(54)31-15-25(31)2/h9-10,18-19,22-23,25-26,28-29,31,35,40,49H,8,11-17,20-21,24H2,1-7H3,(H,48,54)/t25-,26-,28?,29?,31?,35-,40+/m0/s1. The number of carbonyl (C=O) groups is 3. The van der Waals surface area contributed by atoms with Crippen LogP contribution in [-0.4, -0.2) is 107 Å². The molecule has 5 fully saturated rings. The first-order valence-electron chi connectivity index (χ1n) is 21.4. The second-order valence-electron chi connectivity index (χ2n) is 18.5. The third-order valence-electron chi connectivity index (χ3n) is 13.6. The van der Waals surface area contributed by atoms with E-state index in [2.05, 4.69) is 96.4 Å². The predicted molar refractivity (Wildman–Crippen MR) is 229 cm³/mol. The van der Waals surface area contributed by atoms with Crippen molar-refractivity contribution in [3.05, 3.63) is 52.1 Å². The first kappa shape index (κ1) is 40.1. The Morgan fingerprint density at radius 2 is 1.90 bits per heavy atom. The average Bonchev–Trinajstić information content (AvgIpc) is 3.64. The van der Waals surface area contributed by atoms with E-state index in [1.165, 1.54) is 11.3 Å². The number of nitrogens with zero attached hydrogens (tertiary/aromatic N) is 6. The molecule has 2 aliphatic carbocycles. The molecule has 2 saturated carbocycles. The van der Waals surface area contributed by atoms with Gasteiger partial charge in [0.2, 0.25) is 5.91 Å². The monoisotopic (exact) mass is 822 g/mol. The quantitative estimate of drug-likeness (QED) is 0.227. The van der Waals surface area contributed by atoms with Crippen LogP contribution in [0.1, 0.15) is 76.3 Å². The topological polar surface area (TPSA) is 134 Å². The van der Waals surface area contributed by atoms with E-state index in [1.807, 2.05) is 6.20 Å². The summed E-state index contributed by atoms with van der Waals surface area (Å²) in [4.78, 5) is 56.7. The molecule has 1 unspecified atom stereocenters. The largest absolute Gasteiger partial charge is 0.464 e. The van der Waals surface area contributed by atoms with E-state index in [0.717, 1.165) is 94.5 Å². The van der Waals surface area contributed by atoms with Crippen LogP contribution in [0.3, 0.4) is 0 Å². The molecule has 1 aromatic carbocycles. The summed E-state index contributed by atoms with van der Waals surface area (Å²) in [5, 5.41) is 8.63. The molecular weight excluding hydrogens is 765 g/mol. The Balaban J connectivity index is 1.17. The maximum Gasteiger partial charge on any atom is 0.325 e. The van der Waals surface area contributed by atoms with Crippen molar-refractivity contribution in [1.82, 2.24) is 35.2 Å². The molecule has 3 saturated heterocycles. The van der Waals surface area contributed by atoms with Crippen molar-refractivity contribution in [3.63, 3.8) is 0 Å². The number of pyridine rings is 1. The Morgan fingerprint density at radius 3 is 2.61 bits per heavy atom. The number of fused-ring (bicyclic) bond motifs is 4. The normalized spacial score (nSPS) is 27.5. The minimum absolute atomic E-state index is 0.0363. The zero-order valence-electron chi connectivity index (χ0n) is 35.4. The number of hydrogen-bond acceptors (Lipinski definition) is 11. The fourth-order valence-electron chi connectivity index (χ4n) is 9.62. The van der Waals surface area contributed by atoms with E-state index in [4.69, 9.17) is 19.4 Å². The maximum absolute atomic E-state index is 14.4. The maximum atomic E-state index is 14.4. The highest BCUT2D eigenvalue weighted by molar-refractivity contribution is 7.10. The molecular formula is C45H58N8O5S. The highest BCUT2D eigenvalue weighted by Crippen LogP contribution is 2.44. The van der Waals surface area contributed by atoms with Crippen molar-refractivity contribution in [1.29, 1.82) is 0 Å². The summed E-state index contributed by atoms with van der Waals surface area (Å²) in [6.45, 7) is 15.4. The van der Waals surface area contributed by atoms with Crippen LogP contribution in [0.4, 0.5) is 5.69 Å².